The molecule has 0 atom stereocenters. The SMILES string of the molecule is CCCOc1cccc(NC2=C(c3ccc(C)cc3C)C(=O)N(Cc3ccncc3)C2=O)c1. The average molecular weight is 442 g/mol. The van der Waals surface area contributed by atoms with E-state index in [4.69, 9.17) is 4.74 Å². The number of carbonyl (C=O) groups is 2. The van der Waals surface area contributed by atoms with Gasteiger partial charge in [-0.2, -0.15) is 0 Å². The number of aryl methyl sites for hydroxylation is 2. The van der Waals surface area contributed by atoms with E-state index in [1.54, 1.807) is 24.5 Å². The maximum absolute atomic E-state index is 13.5. The second kappa shape index (κ2) is 9.69. The first-order valence-electron chi connectivity index (χ1n) is 11.0. The second-order valence-electron chi connectivity index (χ2n) is 8.12. The molecular weight excluding hydrogens is 414 g/mol. The molecule has 0 unspecified atom stereocenters. The first-order valence-corrected chi connectivity index (χ1v) is 11.0. The summed E-state index contributed by atoms with van der Waals surface area (Å²) < 4.78 is 5.73. The van der Waals surface area contributed by atoms with Crippen LogP contribution < -0.4 is 10.1 Å². The van der Waals surface area contributed by atoms with Crippen LogP contribution in [0, 0.1) is 13.8 Å². The van der Waals surface area contributed by atoms with E-state index < -0.39 is 0 Å². The zero-order valence-electron chi connectivity index (χ0n) is 19.1. The Bertz CT molecular complexity index is 1220. The molecule has 1 aliphatic heterocycles. The third-order valence-corrected chi connectivity index (χ3v) is 5.49. The number of aromatic nitrogens is 1. The summed E-state index contributed by atoms with van der Waals surface area (Å²) in [5, 5.41) is 3.22. The Morgan fingerprint density at radius 3 is 2.48 bits per heavy atom. The second-order valence-corrected chi connectivity index (χ2v) is 8.12. The first kappa shape index (κ1) is 22.3. The van der Waals surface area contributed by atoms with Crippen molar-refractivity contribution in [1.82, 2.24) is 9.88 Å². The van der Waals surface area contributed by atoms with Gasteiger partial charge in [0.15, 0.2) is 0 Å². The summed E-state index contributed by atoms with van der Waals surface area (Å²) in [7, 11) is 0. The van der Waals surface area contributed by atoms with E-state index in [1.165, 1.54) is 4.90 Å². The van der Waals surface area contributed by atoms with Crippen molar-refractivity contribution in [2.75, 3.05) is 11.9 Å². The van der Waals surface area contributed by atoms with Gasteiger partial charge in [-0.05, 0) is 61.2 Å². The molecule has 1 aliphatic rings. The van der Waals surface area contributed by atoms with E-state index >= 15 is 0 Å². The quantitative estimate of drug-likeness (QED) is 0.505. The highest BCUT2D eigenvalue weighted by Gasteiger charge is 2.39. The molecule has 3 aromatic rings. The summed E-state index contributed by atoms with van der Waals surface area (Å²) in [5.41, 5.74) is 4.96. The number of imide groups is 1. The number of nitrogens with one attached hydrogen (secondary N) is 1. The number of amides is 2. The Kier molecular flexibility index (Phi) is 6.54. The van der Waals surface area contributed by atoms with Crippen LogP contribution >= 0.6 is 0 Å². The molecule has 0 bridgehead atoms. The van der Waals surface area contributed by atoms with E-state index in [1.807, 2.05) is 63.2 Å². The summed E-state index contributed by atoms with van der Waals surface area (Å²) in [4.78, 5) is 32.3. The number of hydrogen-bond acceptors (Lipinski definition) is 5. The zero-order chi connectivity index (χ0) is 23.4. The van der Waals surface area contributed by atoms with Gasteiger partial charge in [-0.1, -0.05) is 36.8 Å². The fraction of sp³-hybridized carbons (Fsp3) is 0.222. The number of benzene rings is 2. The van der Waals surface area contributed by atoms with Crippen LogP contribution in [-0.4, -0.2) is 28.3 Å². The van der Waals surface area contributed by atoms with Crippen LogP contribution in [0.4, 0.5) is 5.69 Å². The summed E-state index contributed by atoms with van der Waals surface area (Å²) >= 11 is 0. The Balaban J connectivity index is 1.74. The third kappa shape index (κ3) is 4.80. The molecule has 2 heterocycles. The lowest BCUT2D eigenvalue weighted by Crippen LogP contribution is -2.32. The number of hydrogen-bond donors (Lipinski definition) is 1. The lowest BCUT2D eigenvalue weighted by atomic mass is 9.97. The molecule has 2 aromatic carbocycles. The van der Waals surface area contributed by atoms with Crippen molar-refractivity contribution in [3.63, 3.8) is 0 Å². The molecule has 2 amide bonds. The Morgan fingerprint density at radius 1 is 0.970 bits per heavy atom. The predicted octanol–water partition coefficient (Wildman–Crippen LogP) is 4.88. The fourth-order valence-electron chi connectivity index (χ4n) is 3.88. The van der Waals surface area contributed by atoms with Crippen LogP contribution in [0.2, 0.25) is 0 Å². The van der Waals surface area contributed by atoms with Crippen molar-refractivity contribution in [2.45, 2.75) is 33.7 Å². The van der Waals surface area contributed by atoms with Crippen LogP contribution in [0.3, 0.4) is 0 Å². The van der Waals surface area contributed by atoms with Crippen molar-refractivity contribution >= 4 is 23.1 Å². The molecule has 168 valence electrons. The topological polar surface area (TPSA) is 71.5 Å². The minimum atomic E-state index is -0.355. The van der Waals surface area contributed by atoms with E-state index in [-0.39, 0.29) is 24.1 Å². The number of carbonyl (C=O) groups excluding carboxylic acids is 2. The molecule has 0 radical (unpaired) electrons. The van der Waals surface area contributed by atoms with Crippen molar-refractivity contribution < 1.29 is 14.3 Å². The Labute approximate surface area is 193 Å². The molecule has 4 rings (SSSR count). The normalized spacial score (nSPS) is 13.6. The fourth-order valence-corrected chi connectivity index (χ4v) is 3.88. The van der Waals surface area contributed by atoms with Gasteiger partial charge < -0.3 is 10.1 Å². The summed E-state index contributed by atoms with van der Waals surface area (Å²) in [6.45, 7) is 6.79. The molecule has 0 saturated carbocycles. The van der Waals surface area contributed by atoms with Crippen molar-refractivity contribution in [3.05, 3.63) is 94.9 Å². The highest BCUT2D eigenvalue weighted by Crippen LogP contribution is 2.34. The molecule has 33 heavy (non-hydrogen) atoms. The molecule has 6 nitrogen and oxygen atoms in total. The molecule has 0 aliphatic carbocycles. The van der Waals surface area contributed by atoms with Gasteiger partial charge in [0.2, 0.25) is 0 Å². The lowest BCUT2D eigenvalue weighted by molar-refractivity contribution is -0.137. The summed E-state index contributed by atoms with van der Waals surface area (Å²) in [5.74, 6) is 0.0391. The smallest absolute Gasteiger partial charge is 0.278 e. The number of ether oxygens (including phenoxy) is 1. The van der Waals surface area contributed by atoms with E-state index in [0.717, 1.165) is 28.7 Å². The van der Waals surface area contributed by atoms with Gasteiger partial charge in [0.25, 0.3) is 11.8 Å². The van der Waals surface area contributed by atoms with Gasteiger partial charge in [0.1, 0.15) is 11.4 Å². The van der Waals surface area contributed by atoms with Crippen molar-refractivity contribution in [1.29, 1.82) is 0 Å². The van der Waals surface area contributed by atoms with E-state index in [9.17, 15) is 9.59 Å². The van der Waals surface area contributed by atoms with E-state index in [2.05, 4.69) is 10.3 Å². The van der Waals surface area contributed by atoms with Crippen molar-refractivity contribution in [3.8, 4) is 5.75 Å². The molecule has 0 saturated heterocycles. The Hall–Kier alpha value is -3.93. The van der Waals surface area contributed by atoms with Gasteiger partial charge in [-0.15, -0.1) is 0 Å². The monoisotopic (exact) mass is 441 g/mol. The van der Waals surface area contributed by atoms with Crippen LogP contribution in [0.25, 0.3) is 5.57 Å². The highest BCUT2D eigenvalue weighted by molar-refractivity contribution is 6.36. The van der Waals surface area contributed by atoms with Crippen molar-refractivity contribution in [2.24, 2.45) is 0 Å². The zero-order valence-corrected chi connectivity index (χ0v) is 19.1. The highest BCUT2D eigenvalue weighted by atomic mass is 16.5. The third-order valence-electron chi connectivity index (χ3n) is 5.49. The molecule has 1 aromatic heterocycles. The molecular formula is C27H27N3O3. The molecule has 1 N–H and O–H groups in total. The van der Waals surface area contributed by atoms with Crippen LogP contribution in [0.5, 0.6) is 5.75 Å². The maximum atomic E-state index is 13.5. The minimum Gasteiger partial charge on any atom is -0.494 e. The molecule has 0 spiro atoms. The number of pyridine rings is 1. The molecule has 0 fully saturated rings. The van der Waals surface area contributed by atoms with Gasteiger partial charge in [-0.25, -0.2) is 0 Å². The minimum absolute atomic E-state index is 0.180. The number of anilines is 1. The van der Waals surface area contributed by atoms with Gasteiger partial charge in [-0.3, -0.25) is 19.5 Å². The summed E-state index contributed by atoms with van der Waals surface area (Å²) in [6.07, 6.45) is 4.20. The molecule has 6 heteroatoms. The first-order chi connectivity index (χ1) is 16.0. The number of rotatable bonds is 8. The largest absolute Gasteiger partial charge is 0.494 e. The lowest BCUT2D eigenvalue weighted by Gasteiger charge is -2.15. The number of nitrogens with zero attached hydrogens (tertiary/aromatic N) is 2. The van der Waals surface area contributed by atoms with Crippen LogP contribution in [-0.2, 0) is 16.1 Å². The summed E-state index contributed by atoms with van der Waals surface area (Å²) in [6, 6.07) is 16.9. The predicted molar refractivity (Wildman–Crippen MR) is 128 cm³/mol. The van der Waals surface area contributed by atoms with Crippen LogP contribution in [0.15, 0.2) is 72.7 Å². The van der Waals surface area contributed by atoms with Crippen LogP contribution in [0.1, 0.15) is 35.6 Å². The van der Waals surface area contributed by atoms with Gasteiger partial charge in [0, 0.05) is 24.1 Å². The Morgan fingerprint density at radius 2 is 1.76 bits per heavy atom. The maximum Gasteiger partial charge on any atom is 0.278 e. The van der Waals surface area contributed by atoms with E-state index in [0.29, 0.717) is 23.6 Å². The van der Waals surface area contributed by atoms with Gasteiger partial charge >= 0.3 is 0 Å². The van der Waals surface area contributed by atoms with Gasteiger partial charge in [0.05, 0.1) is 18.7 Å². The average Bonchev–Trinajstić information content (AvgIpc) is 3.03. The standard InChI is InChI=1S/C27H27N3O3/c1-4-14-33-22-7-5-6-21(16-22)29-25-24(23-9-8-18(2)15-19(23)3)26(31)30(27(25)32)17-20-10-12-28-13-11-20/h5-13,15-16,29H,4,14,17H2,1-3H3.